The Hall–Kier alpha value is -1.88. The number of nitrogens with one attached hydrogen (secondary N) is 2. The van der Waals surface area contributed by atoms with Gasteiger partial charge in [-0.2, -0.15) is 5.10 Å². The molecule has 22 heavy (non-hydrogen) atoms. The zero-order valence-corrected chi connectivity index (χ0v) is 13.8. The zero-order chi connectivity index (χ0) is 15.5. The molecule has 1 aliphatic carbocycles. The molecule has 0 aromatic carbocycles. The summed E-state index contributed by atoms with van der Waals surface area (Å²) in [6.07, 6.45) is 7.66. The number of hydrazone groups is 1. The number of aromatic nitrogens is 1. The third-order valence-electron chi connectivity index (χ3n) is 4.03. The van der Waals surface area contributed by atoms with Gasteiger partial charge >= 0.3 is 0 Å². The Labute approximate surface area is 134 Å². The van der Waals surface area contributed by atoms with Crippen LogP contribution in [-0.4, -0.2) is 17.1 Å². The maximum atomic E-state index is 12.2. The third kappa shape index (κ3) is 3.30. The first kappa shape index (κ1) is 15.0. The molecule has 2 heterocycles. The van der Waals surface area contributed by atoms with Crippen LogP contribution < -0.4 is 5.43 Å². The van der Waals surface area contributed by atoms with Crippen molar-refractivity contribution in [2.75, 3.05) is 0 Å². The van der Waals surface area contributed by atoms with Crippen LogP contribution in [0.15, 0.2) is 17.2 Å². The van der Waals surface area contributed by atoms with E-state index in [-0.39, 0.29) is 5.91 Å². The second-order valence-electron chi connectivity index (χ2n) is 5.85. The summed E-state index contributed by atoms with van der Waals surface area (Å²) in [5, 5.41) is 4.08. The van der Waals surface area contributed by atoms with E-state index in [1.165, 1.54) is 29.7 Å². The van der Waals surface area contributed by atoms with E-state index in [2.05, 4.69) is 15.5 Å². The minimum atomic E-state index is -0.112. The molecule has 0 fully saturated rings. The molecule has 3 rings (SSSR count). The highest BCUT2D eigenvalue weighted by Gasteiger charge is 2.16. The second kappa shape index (κ2) is 6.48. The number of carbonyl (C=O) groups is 1. The van der Waals surface area contributed by atoms with Crippen LogP contribution in [0, 0.1) is 13.8 Å². The lowest BCUT2D eigenvalue weighted by Gasteiger charge is -1.96. The topological polar surface area (TPSA) is 57.2 Å². The standard InChI is InChI=1S/C17H21N3OS/c1-11-8-14(12(2)19-11)10-18-20-17(21)16-9-13-6-4-3-5-7-15(13)22-16/h8-10,19H,3-7H2,1-2H3,(H,20,21)/b18-10+. The number of H-pyrrole nitrogens is 1. The first-order valence-electron chi connectivity index (χ1n) is 7.74. The Morgan fingerprint density at radius 3 is 2.86 bits per heavy atom. The number of fused-ring (bicyclic) bond motifs is 1. The molecular formula is C17H21N3OS. The Balaban J connectivity index is 1.66. The van der Waals surface area contributed by atoms with Crippen LogP contribution in [0.3, 0.4) is 0 Å². The van der Waals surface area contributed by atoms with E-state index in [1.807, 2.05) is 26.0 Å². The minimum absolute atomic E-state index is 0.112. The van der Waals surface area contributed by atoms with Crippen molar-refractivity contribution in [1.82, 2.24) is 10.4 Å². The number of hydrogen-bond acceptors (Lipinski definition) is 3. The summed E-state index contributed by atoms with van der Waals surface area (Å²) in [6.45, 7) is 3.99. The van der Waals surface area contributed by atoms with Crippen molar-refractivity contribution >= 4 is 23.5 Å². The van der Waals surface area contributed by atoms with E-state index in [0.29, 0.717) is 0 Å². The normalized spacial score (nSPS) is 14.8. The smallest absolute Gasteiger partial charge is 0.281 e. The van der Waals surface area contributed by atoms with Crippen molar-refractivity contribution in [3.05, 3.63) is 44.4 Å². The predicted molar refractivity (Wildman–Crippen MR) is 90.9 cm³/mol. The highest BCUT2D eigenvalue weighted by Crippen LogP contribution is 2.28. The summed E-state index contributed by atoms with van der Waals surface area (Å²) in [5.74, 6) is -0.112. The van der Waals surface area contributed by atoms with Crippen molar-refractivity contribution in [2.45, 2.75) is 46.0 Å². The number of rotatable bonds is 3. The summed E-state index contributed by atoms with van der Waals surface area (Å²) in [6, 6.07) is 4.06. The van der Waals surface area contributed by atoms with E-state index in [1.54, 1.807) is 17.6 Å². The summed E-state index contributed by atoms with van der Waals surface area (Å²) in [5.41, 5.74) is 7.13. The Bertz CT molecular complexity index is 688. The molecule has 0 saturated heterocycles. The van der Waals surface area contributed by atoms with Gasteiger partial charge in [0, 0.05) is 21.8 Å². The molecular weight excluding hydrogens is 294 g/mol. The fraction of sp³-hybridized carbons (Fsp3) is 0.412. The molecule has 5 heteroatoms. The van der Waals surface area contributed by atoms with E-state index < -0.39 is 0 Å². The van der Waals surface area contributed by atoms with E-state index >= 15 is 0 Å². The maximum Gasteiger partial charge on any atom is 0.281 e. The molecule has 0 bridgehead atoms. The summed E-state index contributed by atoms with van der Waals surface area (Å²) >= 11 is 1.62. The monoisotopic (exact) mass is 315 g/mol. The molecule has 2 N–H and O–H groups in total. The Morgan fingerprint density at radius 1 is 1.27 bits per heavy atom. The van der Waals surface area contributed by atoms with Crippen molar-refractivity contribution in [2.24, 2.45) is 5.10 Å². The lowest BCUT2D eigenvalue weighted by molar-refractivity contribution is 0.0959. The maximum absolute atomic E-state index is 12.2. The molecule has 1 aliphatic rings. The lowest BCUT2D eigenvalue weighted by Crippen LogP contribution is -2.16. The zero-order valence-electron chi connectivity index (χ0n) is 13.0. The molecule has 2 aromatic heterocycles. The van der Waals surface area contributed by atoms with Gasteiger partial charge < -0.3 is 4.98 Å². The Kier molecular flexibility index (Phi) is 4.43. The number of hydrogen-bond donors (Lipinski definition) is 2. The van der Waals surface area contributed by atoms with Crippen LogP contribution in [0.2, 0.25) is 0 Å². The van der Waals surface area contributed by atoms with Gasteiger partial charge in [-0.05, 0) is 57.2 Å². The molecule has 0 atom stereocenters. The molecule has 0 unspecified atom stereocenters. The van der Waals surface area contributed by atoms with Gasteiger partial charge in [-0.1, -0.05) is 6.42 Å². The van der Waals surface area contributed by atoms with Crippen LogP contribution in [0.4, 0.5) is 0 Å². The second-order valence-corrected chi connectivity index (χ2v) is 6.99. The van der Waals surface area contributed by atoms with Crippen LogP contribution in [0.5, 0.6) is 0 Å². The van der Waals surface area contributed by atoms with Crippen LogP contribution in [0.1, 0.15) is 56.3 Å². The third-order valence-corrected chi connectivity index (χ3v) is 5.27. The minimum Gasteiger partial charge on any atom is -0.362 e. The number of aromatic amines is 1. The van der Waals surface area contributed by atoms with E-state index in [4.69, 9.17) is 0 Å². The molecule has 2 aromatic rings. The van der Waals surface area contributed by atoms with Gasteiger partial charge in [-0.3, -0.25) is 4.79 Å². The van der Waals surface area contributed by atoms with Crippen molar-refractivity contribution in [3.63, 3.8) is 0 Å². The number of carbonyl (C=O) groups excluding carboxylic acids is 1. The summed E-state index contributed by atoms with van der Waals surface area (Å²) < 4.78 is 0. The lowest BCUT2D eigenvalue weighted by atomic mass is 10.1. The fourth-order valence-corrected chi connectivity index (χ4v) is 4.02. The fourth-order valence-electron chi connectivity index (χ4n) is 2.87. The Morgan fingerprint density at radius 2 is 2.09 bits per heavy atom. The van der Waals surface area contributed by atoms with Crippen molar-refractivity contribution in [3.8, 4) is 0 Å². The average molecular weight is 315 g/mol. The number of thiophene rings is 1. The molecule has 0 aliphatic heterocycles. The molecule has 0 radical (unpaired) electrons. The average Bonchev–Trinajstić information content (AvgIpc) is 2.95. The van der Waals surface area contributed by atoms with Crippen molar-refractivity contribution < 1.29 is 4.79 Å². The highest BCUT2D eigenvalue weighted by atomic mass is 32.1. The predicted octanol–water partition coefficient (Wildman–Crippen LogP) is 3.73. The van der Waals surface area contributed by atoms with E-state index in [0.717, 1.165) is 34.7 Å². The van der Waals surface area contributed by atoms with Gasteiger partial charge in [0.2, 0.25) is 0 Å². The van der Waals surface area contributed by atoms with Crippen LogP contribution in [0.25, 0.3) is 0 Å². The van der Waals surface area contributed by atoms with Gasteiger partial charge in [0.05, 0.1) is 11.1 Å². The molecule has 0 spiro atoms. The van der Waals surface area contributed by atoms with Gasteiger partial charge in [-0.15, -0.1) is 11.3 Å². The summed E-state index contributed by atoms with van der Waals surface area (Å²) in [4.78, 5) is 17.6. The van der Waals surface area contributed by atoms with Gasteiger partial charge in [0.25, 0.3) is 5.91 Å². The van der Waals surface area contributed by atoms with Crippen LogP contribution in [-0.2, 0) is 12.8 Å². The molecule has 4 nitrogen and oxygen atoms in total. The highest BCUT2D eigenvalue weighted by molar-refractivity contribution is 7.14. The summed E-state index contributed by atoms with van der Waals surface area (Å²) in [7, 11) is 0. The number of aryl methyl sites for hydroxylation is 4. The van der Waals surface area contributed by atoms with Gasteiger partial charge in [0.15, 0.2) is 0 Å². The first-order valence-corrected chi connectivity index (χ1v) is 8.56. The SMILES string of the molecule is Cc1cc(/C=N/NC(=O)c2cc3c(s2)CCCCC3)c(C)[nH]1. The largest absolute Gasteiger partial charge is 0.362 e. The molecule has 0 saturated carbocycles. The van der Waals surface area contributed by atoms with Gasteiger partial charge in [-0.25, -0.2) is 5.43 Å². The number of nitrogens with zero attached hydrogens (tertiary/aromatic N) is 1. The van der Waals surface area contributed by atoms with E-state index in [9.17, 15) is 4.79 Å². The quantitative estimate of drug-likeness (QED) is 0.506. The van der Waals surface area contributed by atoms with Crippen molar-refractivity contribution in [1.29, 1.82) is 0 Å². The van der Waals surface area contributed by atoms with Gasteiger partial charge in [0.1, 0.15) is 0 Å². The molecule has 116 valence electrons. The number of amides is 1. The first-order chi connectivity index (χ1) is 10.6. The van der Waals surface area contributed by atoms with Crippen LogP contribution >= 0.6 is 11.3 Å². The molecule has 1 amide bonds.